The minimum Gasteiger partial charge on any atom is -0.399 e. The lowest BCUT2D eigenvalue weighted by atomic mass is 9.94. The zero-order chi connectivity index (χ0) is 15.2. The molecule has 3 heteroatoms. The molecule has 21 heavy (non-hydrogen) atoms. The maximum Gasteiger partial charge on any atom is 0.111 e. The molecule has 0 aromatic heterocycles. The molecule has 3 nitrogen and oxygen atoms in total. The summed E-state index contributed by atoms with van der Waals surface area (Å²) in [5, 5.41) is 13.5. The van der Waals surface area contributed by atoms with E-state index in [1.807, 2.05) is 24.3 Å². The lowest BCUT2D eigenvalue weighted by Crippen LogP contribution is -2.37. The Bertz CT molecular complexity index is 462. The molecule has 1 saturated carbocycles. The molecule has 2 aliphatic carbocycles. The number of hydrogen-bond acceptors (Lipinski definition) is 3. The fraction of sp³-hybridized carbons (Fsp3) is 0.556. The molecule has 3 atom stereocenters. The first kappa shape index (κ1) is 16.1. The van der Waals surface area contributed by atoms with E-state index in [0.29, 0.717) is 5.92 Å². The smallest absolute Gasteiger partial charge is 0.111 e. The molecular weight excluding hydrogens is 260 g/mol. The van der Waals surface area contributed by atoms with Gasteiger partial charge >= 0.3 is 0 Å². The van der Waals surface area contributed by atoms with Gasteiger partial charge in [0.05, 0.1) is 0 Å². The summed E-state index contributed by atoms with van der Waals surface area (Å²) in [4.78, 5) is 0. The molecule has 3 unspecified atom stereocenters. The summed E-state index contributed by atoms with van der Waals surface area (Å²) >= 11 is 0. The SMILES string of the molecule is C=CCC1CCC/C1=C(\C)CNC(O)C1C=CC(N)=CC1. The molecule has 0 aliphatic heterocycles. The van der Waals surface area contributed by atoms with Gasteiger partial charge in [0, 0.05) is 18.2 Å². The van der Waals surface area contributed by atoms with Crippen molar-refractivity contribution in [2.24, 2.45) is 17.6 Å². The molecule has 0 aromatic rings. The van der Waals surface area contributed by atoms with Crippen LogP contribution in [0.15, 0.2) is 47.7 Å². The van der Waals surface area contributed by atoms with Crippen molar-refractivity contribution in [3.63, 3.8) is 0 Å². The quantitative estimate of drug-likeness (QED) is 0.520. The van der Waals surface area contributed by atoms with Gasteiger partial charge in [-0.3, -0.25) is 5.32 Å². The third kappa shape index (κ3) is 4.32. The Balaban J connectivity index is 1.87. The maximum absolute atomic E-state index is 10.2. The number of allylic oxidation sites excluding steroid dienone is 4. The zero-order valence-corrected chi connectivity index (χ0v) is 13.0. The normalized spacial score (nSPS) is 29.1. The molecule has 0 bridgehead atoms. The summed E-state index contributed by atoms with van der Waals surface area (Å²) < 4.78 is 0. The monoisotopic (exact) mass is 288 g/mol. The lowest BCUT2D eigenvalue weighted by Gasteiger charge is -2.23. The van der Waals surface area contributed by atoms with Crippen LogP contribution in [0.5, 0.6) is 0 Å². The van der Waals surface area contributed by atoms with Crippen LogP contribution < -0.4 is 11.1 Å². The predicted molar refractivity (Wildman–Crippen MR) is 88.4 cm³/mol. The summed E-state index contributed by atoms with van der Waals surface area (Å²) in [7, 11) is 0. The van der Waals surface area contributed by atoms with Gasteiger partial charge < -0.3 is 10.8 Å². The van der Waals surface area contributed by atoms with Gasteiger partial charge in [-0.25, -0.2) is 0 Å². The average Bonchev–Trinajstić information content (AvgIpc) is 2.94. The third-order valence-electron chi connectivity index (χ3n) is 4.63. The topological polar surface area (TPSA) is 58.3 Å². The van der Waals surface area contributed by atoms with Gasteiger partial charge in [-0.15, -0.1) is 6.58 Å². The highest BCUT2D eigenvalue weighted by Gasteiger charge is 2.22. The third-order valence-corrected chi connectivity index (χ3v) is 4.63. The Hall–Kier alpha value is -1.32. The zero-order valence-electron chi connectivity index (χ0n) is 13.0. The van der Waals surface area contributed by atoms with Crippen LogP contribution in [0.25, 0.3) is 0 Å². The van der Waals surface area contributed by atoms with E-state index in [1.54, 1.807) is 5.57 Å². The number of rotatable bonds is 6. The highest BCUT2D eigenvalue weighted by atomic mass is 16.3. The molecule has 0 radical (unpaired) electrons. The fourth-order valence-electron chi connectivity index (χ4n) is 3.35. The highest BCUT2D eigenvalue weighted by molar-refractivity contribution is 5.22. The predicted octanol–water partition coefficient (Wildman–Crippen LogP) is 3.01. The van der Waals surface area contributed by atoms with Crippen LogP contribution in [0, 0.1) is 11.8 Å². The van der Waals surface area contributed by atoms with E-state index in [0.717, 1.165) is 25.1 Å². The first-order chi connectivity index (χ1) is 10.1. The maximum atomic E-state index is 10.2. The van der Waals surface area contributed by atoms with Gasteiger partial charge in [-0.1, -0.05) is 29.4 Å². The number of nitrogens with two attached hydrogens (primary N) is 1. The van der Waals surface area contributed by atoms with Crippen molar-refractivity contribution in [2.45, 2.75) is 45.3 Å². The van der Waals surface area contributed by atoms with Crippen molar-refractivity contribution < 1.29 is 5.11 Å². The van der Waals surface area contributed by atoms with Crippen LogP contribution in [0.4, 0.5) is 0 Å². The molecule has 1 fully saturated rings. The van der Waals surface area contributed by atoms with E-state index in [2.05, 4.69) is 18.8 Å². The first-order valence-corrected chi connectivity index (χ1v) is 7.96. The van der Waals surface area contributed by atoms with E-state index in [4.69, 9.17) is 5.73 Å². The molecule has 2 rings (SSSR count). The summed E-state index contributed by atoms with van der Waals surface area (Å²) in [5.74, 6) is 0.779. The second-order valence-electron chi connectivity index (χ2n) is 6.21. The Morgan fingerprint density at radius 3 is 3.10 bits per heavy atom. The number of aliphatic hydroxyl groups excluding tert-OH is 1. The van der Waals surface area contributed by atoms with Crippen molar-refractivity contribution in [1.29, 1.82) is 0 Å². The fourth-order valence-corrected chi connectivity index (χ4v) is 3.35. The van der Waals surface area contributed by atoms with Gasteiger partial charge in [0.15, 0.2) is 0 Å². The van der Waals surface area contributed by atoms with Crippen LogP contribution >= 0.6 is 0 Å². The van der Waals surface area contributed by atoms with Crippen molar-refractivity contribution in [3.05, 3.63) is 47.7 Å². The van der Waals surface area contributed by atoms with E-state index in [1.165, 1.54) is 24.8 Å². The number of hydrogen-bond donors (Lipinski definition) is 3. The van der Waals surface area contributed by atoms with Gasteiger partial charge in [-0.2, -0.15) is 0 Å². The van der Waals surface area contributed by atoms with E-state index in [-0.39, 0.29) is 5.92 Å². The molecule has 4 N–H and O–H groups in total. The summed E-state index contributed by atoms with van der Waals surface area (Å²) in [5.41, 5.74) is 9.44. The lowest BCUT2D eigenvalue weighted by molar-refractivity contribution is 0.0984. The summed E-state index contributed by atoms with van der Waals surface area (Å²) in [6.45, 7) is 6.80. The Kier molecular flexibility index (Phi) is 5.83. The average molecular weight is 288 g/mol. The second kappa shape index (κ2) is 7.62. The van der Waals surface area contributed by atoms with Crippen molar-refractivity contribution in [3.8, 4) is 0 Å². The van der Waals surface area contributed by atoms with Gasteiger partial charge in [0.2, 0.25) is 0 Å². The molecule has 0 heterocycles. The molecule has 116 valence electrons. The van der Waals surface area contributed by atoms with Crippen molar-refractivity contribution >= 4 is 0 Å². The Morgan fingerprint density at radius 1 is 1.62 bits per heavy atom. The summed E-state index contributed by atoms with van der Waals surface area (Å²) in [6.07, 6.45) is 13.0. The van der Waals surface area contributed by atoms with E-state index < -0.39 is 6.23 Å². The van der Waals surface area contributed by atoms with Crippen LogP contribution in [-0.4, -0.2) is 17.9 Å². The number of aliphatic hydroxyl groups is 1. The molecule has 0 spiro atoms. The van der Waals surface area contributed by atoms with Gasteiger partial charge in [-0.05, 0) is 51.0 Å². The van der Waals surface area contributed by atoms with Crippen LogP contribution in [0.3, 0.4) is 0 Å². The largest absolute Gasteiger partial charge is 0.399 e. The van der Waals surface area contributed by atoms with Crippen LogP contribution in [0.1, 0.15) is 39.0 Å². The molecule has 2 aliphatic rings. The first-order valence-electron chi connectivity index (χ1n) is 7.96. The standard InChI is InChI=1S/C18H28N2O/c1-3-5-14-6-4-7-17(14)13(2)12-20-18(21)15-8-10-16(19)11-9-15/h3,8,10-11,14-15,18,20-21H,1,4-7,9,12,19H2,2H3/b17-13-. The minimum atomic E-state index is -0.514. The molecule has 0 aromatic carbocycles. The molecule has 0 saturated heterocycles. The second-order valence-corrected chi connectivity index (χ2v) is 6.21. The highest BCUT2D eigenvalue weighted by Crippen LogP contribution is 2.35. The van der Waals surface area contributed by atoms with Crippen molar-refractivity contribution in [2.75, 3.05) is 6.54 Å². The van der Waals surface area contributed by atoms with Crippen LogP contribution in [0.2, 0.25) is 0 Å². The molecular formula is C18H28N2O. The number of nitrogens with one attached hydrogen (secondary N) is 1. The minimum absolute atomic E-state index is 0.114. The molecule has 0 amide bonds. The van der Waals surface area contributed by atoms with Gasteiger partial charge in [0.1, 0.15) is 6.23 Å². The van der Waals surface area contributed by atoms with Crippen molar-refractivity contribution in [1.82, 2.24) is 5.32 Å². The van der Waals surface area contributed by atoms with E-state index in [9.17, 15) is 5.11 Å². The Labute approximate surface area is 128 Å². The Morgan fingerprint density at radius 2 is 2.43 bits per heavy atom. The summed E-state index contributed by atoms with van der Waals surface area (Å²) in [6, 6.07) is 0. The van der Waals surface area contributed by atoms with Crippen LogP contribution in [-0.2, 0) is 0 Å². The van der Waals surface area contributed by atoms with Gasteiger partial charge in [0.25, 0.3) is 0 Å². The van der Waals surface area contributed by atoms with E-state index >= 15 is 0 Å².